The minimum Gasteiger partial charge on any atom is -0.493 e. The van der Waals surface area contributed by atoms with Crippen LogP contribution in [0, 0.1) is 12.7 Å². The number of hydrogen-bond acceptors (Lipinski definition) is 3. The van der Waals surface area contributed by atoms with Gasteiger partial charge in [0.15, 0.2) is 11.6 Å². The average Bonchev–Trinajstić information content (AvgIpc) is 2.93. The van der Waals surface area contributed by atoms with Crippen molar-refractivity contribution in [3.05, 3.63) is 60.0 Å². The second kappa shape index (κ2) is 5.14. The summed E-state index contributed by atoms with van der Waals surface area (Å²) in [5.41, 5.74) is 0.860. The summed E-state index contributed by atoms with van der Waals surface area (Å²) < 4.78 is 45.6. The van der Waals surface area contributed by atoms with Crippen molar-refractivity contribution in [1.82, 2.24) is 3.97 Å². The first-order valence-corrected chi connectivity index (χ1v) is 8.05. The fraction of sp³-hybridized carbons (Fsp3) is 0.125. The van der Waals surface area contributed by atoms with E-state index in [0.717, 1.165) is 3.97 Å². The number of aryl methyl sites for hydroxylation is 1. The smallest absolute Gasteiger partial charge is 0.268 e. The van der Waals surface area contributed by atoms with Crippen molar-refractivity contribution in [2.45, 2.75) is 11.8 Å². The number of halogens is 1. The van der Waals surface area contributed by atoms with Gasteiger partial charge in [0, 0.05) is 23.2 Å². The van der Waals surface area contributed by atoms with E-state index in [2.05, 4.69) is 0 Å². The quantitative estimate of drug-likeness (QED) is 0.744. The van der Waals surface area contributed by atoms with Crippen LogP contribution in [0.15, 0.2) is 53.6 Å². The molecule has 0 amide bonds. The van der Waals surface area contributed by atoms with Gasteiger partial charge in [-0.15, -0.1) is 0 Å². The lowest BCUT2D eigenvalue weighted by Gasteiger charge is -2.10. The summed E-state index contributed by atoms with van der Waals surface area (Å²) in [7, 11) is -2.38. The molecule has 2 aromatic carbocycles. The summed E-state index contributed by atoms with van der Waals surface area (Å²) in [6, 6.07) is 10.9. The minimum absolute atomic E-state index is 0.127. The van der Waals surface area contributed by atoms with Gasteiger partial charge < -0.3 is 4.74 Å². The topological polar surface area (TPSA) is 48.3 Å². The number of nitrogens with zero attached hydrogens (tertiary/aromatic N) is 1. The Kier molecular flexibility index (Phi) is 3.41. The molecular formula is C16H14FNO3S. The summed E-state index contributed by atoms with van der Waals surface area (Å²) >= 11 is 0. The lowest BCUT2D eigenvalue weighted by molar-refractivity contribution is 0.384. The van der Waals surface area contributed by atoms with Crippen LogP contribution in [0.2, 0.25) is 0 Å². The first-order valence-electron chi connectivity index (χ1n) is 6.61. The number of aromatic nitrogens is 1. The highest BCUT2D eigenvalue weighted by Gasteiger charge is 2.21. The second-order valence-electron chi connectivity index (χ2n) is 4.88. The molecule has 1 aromatic heterocycles. The van der Waals surface area contributed by atoms with E-state index in [-0.39, 0.29) is 10.6 Å². The van der Waals surface area contributed by atoms with Crippen LogP contribution >= 0.6 is 0 Å². The van der Waals surface area contributed by atoms with Gasteiger partial charge in [-0.25, -0.2) is 16.8 Å². The van der Waals surface area contributed by atoms with E-state index in [1.165, 1.54) is 31.5 Å². The molecule has 0 aliphatic heterocycles. The predicted molar refractivity (Wildman–Crippen MR) is 82.2 cm³/mol. The van der Waals surface area contributed by atoms with E-state index >= 15 is 0 Å². The zero-order valence-electron chi connectivity index (χ0n) is 12.1. The van der Waals surface area contributed by atoms with E-state index in [0.29, 0.717) is 16.5 Å². The summed E-state index contributed by atoms with van der Waals surface area (Å²) in [4.78, 5) is 0.154. The number of fused-ring (bicyclic) bond motifs is 1. The van der Waals surface area contributed by atoms with Crippen LogP contribution in [0.3, 0.4) is 0 Å². The molecule has 0 unspecified atom stereocenters. The summed E-state index contributed by atoms with van der Waals surface area (Å²) in [6.07, 6.45) is 1.43. The molecule has 6 heteroatoms. The molecule has 0 atom stereocenters. The zero-order valence-corrected chi connectivity index (χ0v) is 12.9. The summed E-state index contributed by atoms with van der Waals surface area (Å²) in [5, 5.41) is 0.637. The first kappa shape index (κ1) is 14.6. The third-order valence-corrected chi connectivity index (χ3v) is 5.32. The highest BCUT2D eigenvalue weighted by atomic mass is 32.2. The molecule has 22 heavy (non-hydrogen) atoms. The van der Waals surface area contributed by atoms with Gasteiger partial charge in [0.25, 0.3) is 10.0 Å². The van der Waals surface area contributed by atoms with E-state index < -0.39 is 15.8 Å². The van der Waals surface area contributed by atoms with Crippen molar-refractivity contribution in [3.8, 4) is 5.75 Å². The molecular weight excluding hydrogens is 305 g/mol. The summed E-state index contributed by atoms with van der Waals surface area (Å²) in [5.74, 6) is -0.460. The molecule has 0 spiro atoms. The number of rotatable bonds is 3. The molecule has 3 rings (SSSR count). The number of benzene rings is 2. The van der Waals surface area contributed by atoms with Gasteiger partial charge in [-0.3, -0.25) is 0 Å². The van der Waals surface area contributed by atoms with Crippen molar-refractivity contribution in [1.29, 1.82) is 0 Å². The van der Waals surface area contributed by atoms with Crippen molar-refractivity contribution in [3.63, 3.8) is 0 Å². The SMILES string of the molecule is COc1c(F)cc2c(ccn2S(=O)(=O)c2ccccc2)c1C. The Hall–Kier alpha value is -2.34. The van der Waals surface area contributed by atoms with Gasteiger partial charge >= 0.3 is 0 Å². The van der Waals surface area contributed by atoms with Crippen LogP contribution in [0.4, 0.5) is 4.39 Å². The molecule has 114 valence electrons. The summed E-state index contributed by atoms with van der Waals surface area (Å²) in [6.45, 7) is 1.70. The van der Waals surface area contributed by atoms with Crippen molar-refractivity contribution in [2.24, 2.45) is 0 Å². The van der Waals surface area contributed by atoms with Crippen molar-refractivity contribution >= 4 is 20.9 Å². The third kappa shape index (κ3) is 2.07. The Balaban J connectivity index is 2.30. The van der Waals surface area contributed by atoms with Gasteiger partial charge in [-0.2, -0.15) is 0 Å². The van der Waals surface area contributed by atoms with Crippen LogP contribution in [0.5, 0.6) is 5.75 Å². The number of methoxy groups -OCH3 is 1. The Morgan fingerprint density at radius 2 is 1.82 bits per heavy atom. The van der Waals surface area contributed by atoms with Gasteiger partial charge in [0.05, 0.1) is 17.5 Å². The van der Waals surface area contributed by atoms with Gasteiger partial charge in [0.2, 0.25) is 0 Å². The maximum atomic E-state index is 14.1. The standard InChI is InChI=1S/C16H14FNO3S/c1-11-13-8-9-18(15(13)10-14(17)16(11)21-2)22(19,20)12-6-4-3-5-7-12/h3-10H,1-2H3. The van der Waals surface area contributed by atoms with E-state index in [1.807, 2.05) is 0 Å². The molecule has 0 N–H and O–H groups in total. The molecule has 0 radical (unpaired) electrons. The maximum Gasteiger partial charge on any atom is 0.268 e. The molecule has 0 saturated heterocycles. The van der Waals surface area contributed by atoms with Gasteiger partial charge in [-0.05, 0) is 25.1 Å². The highest BCUT2D eigenvalue weighted by Crippen LogP contribution is 2.32. The molecule has 0 aliphatic rings. The predicted octanol–water partition coefficient (Wildman–Crippen LogP) is 3.33. The Bertz CT molecular complexity index is 946. The molecule has 0 aliphatic carbocycles. The number of ether oxygens (including phenoxy) is 1. The van der Waals surface area contributed by atoms with Gasteiger partial charge in [0.1, 0.15) is 0 Å². The Morgan fingerprint density at radius 1 is 1.14 bits per heavy atom. The lowest BCUT2D eigenvalue weighted by Crippen LogP contribution is -2.11. The molecule has 3 aromatic rings. The van der Waals surface area contributed by atoms with Crippen LogP contribution < -0.4 is 4.74 Å². The molecule has 0 bridgehead atoms. The molecule has 1 heterocycles. The van der Waals surface area contributed by atoms with Crippen LogP contribution in [-0.2, 0) is 10.0 Å². The van der Waals surface area contributed by atoms with Crippen LogP contribution in [-0.4, -0.2) is 19.5 Å². The largest absolute Gasteiger partial charge is 0.493 e. The normalized spacial score (nSPS) is 11.8. The van der Waals surface area contributed by atoms with Crippen molar-refractivity contribution < 1.29 is 17.5 Å². The fourth-order valence-electron chi connectivity index (χ4n) is 2.54. The first-order chi connectivity index (χ1) is 10.5. The fourth-order valence-corrected chi connectivity index (χ4v) is 3.90. The monoisotopic (exact) mass is 319 g/mol. The van der Waals surface area contributed by atoms with Crippen molar-refractivity contribution in [2.75, 3.05) is 7.11 Å². The lowest BCUT2D eigenvalue weighted by atomic mass is 10.1. The molecule has 4 nitrogen and oxygen atoms in total. The third-order valence-electron chi connectivity index (χ3n) is 3.62. The van der Waals surface area contributed by atoms with E-state index in [4.69, 9.17) is 4.74 Å². The average molecular weight is 319 g/mol. The second-order valence-corrected chi connectivity index (χ2v) is 6.69. The van der Waals surface area contributed by atoms with Gasteiger partial charge in [-0.1, -0.05) is 18.2 Å². The van der Waals surface area contributed by atoms with E-state index in [1.54, 1.807) is 31.2 Å². The van der Waals surface area contributed by atoms with Crippen LogP contribution in [0.1, 0.15) is 5.56 Å². The highest BCUT2D eigenvalue weighted by molar-refractivity contribution is 7.90. The zero-order chi connectivity index (χ0) is 15.9. The van der Waals surface area contributed by atoms with E-state index in [9.17, 15) is 12.8 Å². The Labute approximate surface area is 127 Å². The van der Waals surface area contributed by atoms with Crippen LogP contribution in [0.25, 0.3) is 10.9 Å². The Morgan fingerprint density at radius 3 is 2.45 bits per heavy atom. The molecule has 0 fully saturated rings. The number of hydrogen-bond donors (Lipinski definition) is 0. The minimum atomic E-state index is -3.77. The maximum absolute atomic E-state index is 14.1. The molecule has 0 saturated carbocycles.